The number of nitrogens with zero attached hydrogens (tertiary/aromatic N) is 1. The van der Waals surface area contributed by atoms with Crippen LogP contribution in [0.4, 0.5) is 5.69 Å². The van der Waals surface area contributed by atoms with Crippen molar-refractivity contribution < 1.29 is 13.2 Å². The Labute approximate surface area is 157 Å². The lowest BCUT2D eigenvalue weighted by Crippen LogP contribution is -2.42. The van der Waals surface area contributed by atoms with Crippen molar-refractivity contribution in [3.05, 3.63) is 58.6 Å². The van der Waals surface area contributed by atoms with Gasteiger partial charge in [0.2, 0.25) is 5.91 Å². The molecule has 25 heavy (non-hydrogen) atoms. The molecule has 0 atom stereocenters. The van der Waals surface area contributed by atoms with Crippen molar-refractivity contribution >= 4 is 44.8 Å². The molecular formula is C17H18Cl2N2O3S. The number of amides is 1. The Morgan fingerprint density at radius 3 is 2.28 bits per heavy atom. The Balaban J connectivity index is 2.46. The summed E-state index contributed by atoms with van der Waals surface area (Å²) in [4.78, 5) is 12.2. The molecule has 0 saturated heterocycles. The molecule has 8 heteroatoms. The highest BCUT2D eigenvalue weighted by molar-refractivity contribution is 7.92. The molecule has 0 spiro atoms. The Bertz CT molecular complexity index is 852. The maximum absolute atomic E-state index is 13.0. The average Bonchev–Trinajstić information content (AvgIpc) is 2.52. The summed E-state index contributed by atoms with van der Waals surface area (Å²) in [5.41, 5.74) is 0.307. The van der Waals surface area contributed by atoms with Crippen LogP contribution in [-0.4, -0.2) is 26.9 Å². The average molecular weight is 401 g/mol. The number of hydrogen-bond donors (Lipinski definition) is 1. The van der Waals surface area contributed by atoms with Crippen LogP contribution in [0, 0.1) is 0 Å². The molecule has 0 aliphatic carbocycles. The van der Waals surface area contributed by atoms with E-state index < -0.39 is 15.9 Å². The number of hydrogen-bond acceptors (Lipinski definition) is 3. The molecule has 0 saturated carbocycles. The number of sulfonamides is 1. The number of halogens is 2. The van der Waals surface area contributed by atoms with Crippen molar-refractivity contribution in [2.45, 2.75) is 24.8 Å². The van der Waals surface area contributed by atoms with Crippen molar-refractivity contribution in [1.82, 2.24) is 5.32 Å². The number of carbonyl (C=O) groups is 1. The smallest absolute Gasteiger partial charge is 0.264 e. The Kier molecular flexibility index (Phi) is 6.32. The second-order valence-electron chi connectivity index (χ2n) is 5.67. The van der Waals surface area contributed by atoms with Gasteiger partial charge in [-0.15, -0.1) is 0 Å². The van der Waals surface area contributed by atoms with Crippen LogP contribution in [0.25, 0.3) is 0 Å². The van der Waals surface area contributed by atoms with Gasteiger partial charge in [0, 0.05) is 16.1 Å². The molecule has 1 N–H and O–H groups in total. The third-order valence-corrected chi connectivity index (χ3v) is 5.51. The molecule has 2 rings (SSSR count). The molecule has 0 radical (unpaired) electrons. The second kappa shape index (κ2) is 8.08. The van der Waals surface area contributed by atoms with E-state index in [1.54, 1.807) is 32.0 Å². The number of carbonyl (C=O) groups excluding carboxylic acids is 1. The lowest BCUT2D eigenvalue weighted by Gasteiger charge is -2.24. The summed E-state index contributed by atoms with van der Waals surface area (Å²) < 4.78 is 27.1. The fourth-order valence-electron chi connectivity index (χ4n) is 2.18. The standard InChI is InChI=1S/C17H18Cl2N2O3S/c1-12(2)20-17(22)11-21(15-5-3-4-14(19)10-15)25(23,24)16-8-6-13(18)7-9-16/h3-10,12H,11H2,1-2H3,(H,20,22). The van der Waals surface area contributed by atoms with Gasteiger partial charge in [0.05, 0.1) is 10.6 Å². The molecule has 0 bridgehead atoms. The molecule has 5 nitrogen and oxygen atoms in total. The van der Waals surface area contributed by atoms with Crippen LogP contribution in [0.1, 0.15) is 13.8 Å². The highest BCUT2D eigenvalue weighted by Gasteiger charge is 2.27. The van der Waals surface area contributed by atoms with Gasteiger partial charge in [0.1, 0.15) is 6.54 Å². The van der Waals surface area contributed by atoms with E-state index in [0.29, 0.717) is 15.7 Å². The zero-order chi connectivity index (χ0) is 18.6. The monoisotopic (exact) mass is 400 g/mol. The highest BCUT2D eigenvalue weighted by Crippen LogP contribution is 2.26. The van der Waals surface area contributed by atoms with Crippen LogP contribution in [0.5, 0.6) is 0 Å². The van der Waals surface area contributed by atoms with Gasteiger partial charge >= 0.3 is 0 Å². The highest BCUT2D eigenvalue weighted by atomic mass is 35.5. The zero-order valence-corrected chi connectivity index (χ0v) is 16.1. The summed E-state index contributed by atoms with van der Waals surface area (Å²) >= 11 is 11.8. The summed E-state index contributed by atoms with van der Waals surface area (Å²) in [6.07, 6.45) is 0. The Morgan fingerprint density at radius 2 is 1.72 bits per heavy atom. The van der Waals surface area contributed by atoms with Gasteiger partial charge in [-0.1, -0.05) is 29.3 Å². The molecule has 0 aromatic heterocycles. The Morgan fingerprint density at radius 1 is 1.08 bits per heavy atom. The van der Waals surface area contributed by atoms with Crippen LogP contribution in [-0.2, 0) is 14.8 Å². The molecule has 0 aliphatic heterocycles. The fourth-order valence-corrected chi connectivity index (χ4v) is 3.90. The maximum atomic E-state index is 13.0. The molecule has 0 heterocycles. The van der Waals surface area contributed by atoms with Crippen LogP contribution >= 0.6 is 23.2 Å². The molecule has 134 valence electrons. The summed E-state index contributed by atoms with van der Waals surface area (Å²) in [6.45, 7) is 3.24. The third kappa shape index (κ3) is 5.11. The minimum absolute atomic E-state index is 0.0363. The molecule has 0 aliphatic rings. The summed E-state index contributed by atoms with van der Waals surface area (Å²) in [6, 6.07) is 12.0. The first kappa shape index (κ1) is 19.6. The summed E-state index contributed by atoms with van der Waals surface area (Å²) in [5.74, 6) is -0.410. The number of nitrogens with one attached hydrogen (secondary N) is 1. The van der Waals surface area contributed by atoms with Gasteiger partial charge in [-0.05, 0) is 56.3 Å². The molecule has 2 aromatic rings. The van der Waals surface area contributed by atoms with Crippen molar-refractivity contribution in [2.24, 2.45) is 0 Å². The second-order valence-corrected chi connectivity index (χ2v) is 8.40. The van der Waals surface area contributed by atoms with Crippen LogP contribution in [0.2, 0.25) is 10.0 Å². The van der Waals surface area contributed by atoms with E-state index in [1.165, 1.54) is 30.3 Å². The predicted molar refractivity (Wildman–Crippen MR) is 101 cm³/mol. The summed E-state index contributed by atoms with van der Waals surface area (Å²) in [7, 11) is -3.96. The van der Waals surface area contributed by atoms with Crippen LogP contribution in [0.15, 0.2) is 53.4 Å². The summed E-state index contributed by atoms with van der Waals surface area (Å²) in [5, 5.41) is 3.49. The quantitative estimate of drug-likeness (QED) is 0.803. The zero-order valence-electron chi connectivity index (χ0n) is 13.7. The van der Waals surface area contributed by atoms with Crippen LogP contribution < -0.4 is 9.62 Å². The molecular weight excluding hydrogens is 383 g/mol. The van der Waals surface area contributed by atoms with E-state index in [2.05, 4.69) is 5.32 Å². The number of anilines is 1. The fraction of sp³-hybridized carbons (Fsp3) is 0.235. The van der Waals surface area contributed by atoms with Gasteiger partial charge in [0.25, 0.3) is 10.0 Å². The third-order valence-electron chi connectivity index (χ3n) is 3.23. The predicted octanol–water partition coefficient (Wildman–Crippen LogP) is 3.71. The van der Waals surface area contributed by atoms with Gasteiger partial charge in [-0.25, -0.2) is 8.42 Å². The topological polar surface area (TPSA) is 66.5 Å². The van der Waals surface area contributed by atoms with Crippen molar-refractivity contribution in [3.8, 4) is 0 Å². The molecule has 2 aromatic carbocycles. The molecule has 0 unspecified atom stereocenters. The number of rotatable bonds is 6. The minimum atomic E-state index is -3.96. The largest absolute Gasteiger partial charge is 0.352 e. The van der Waals surface area contributed by atoms with Gasteiger partial charge < -0.3 is 5.32 Å². The first-order chi connectivity index (χ1) is 11.7. The van der Waals surface area contributed by atoms with E-state index in [9.17, 15) is 13.2 Å². The number of benzene rings is 2. The van der Waals surface area contributed by atoms with Gasteiger partial charge in [-0.3, -0.25) is 9.10 Å². The van der Waals surface area contributed by atoms with Crippen molar-refractivity contribution in [1.29, 1.82) is 0 Å². The lowest BCUT2D eigenvalue weighted by molar-refractivity contribution is -0.120. The maximum Gasteiger partial charge on any atom is 0.264 e. The first-order valence-corrected chi connectivity index (χ1v) is 9.73. The lowest BCUT2D eigenvalue weighted by atomic mass is 10.3. The Hall–Kier alpha value is -1.76. The van der Waals surface area contributed by atoms with E-state index in [-0.39, 0.29) is 17.5 Å². The first-order valence-electron chi connectivity index (χ1n) is 7.53. The van der Waals surface area contributed by atoms with Gasteiger partial charge in [-0.2, -0.15) is 0 Å². The molecule has 1 amide bonds. The van der Waals surface area contributed by atoms with Crippen molar-refractivity contribution in [2.75, 3.05) is 10.8 Å². The van der Waals surface area contributed by atoms with E-state index in [0.717, 1.165) is 4.31 Å². The van der Waals surface area contributed by atoms with Crippen LogP contribution in [0.3, 0.4) is 0 Å². The van der Waals surface area contributed by atoms with E-state index in [4.69, 9.17) is 23.2 Å². The normalized spacial score (nSPS) is 11.4. The van der Waals surface area contributed by atoms with E-state index in [1.807, 2.05) is 0 Å². The minimum Gasteiger partial charge on any atom is -0.352 e. The van der Waals surface area contributed by atoms with Gasteiger partial charge in [0.15, 0.2) is 0 Å². The van der Waals surface area contributed by atoms with E-state index >= 15 is 0 Å². The SMILES string of the molecule is CC(C)NC(=O)CN(c1cccc(Cl)c1)S(=O)(=O)c1ccc(Cl)cc1. The molecule has 0 fully saturated rings. The van der Waals surface area contributed by atoms with Crippen molar-refractivity contribution in [3.63, 3.8) is 0 Å².